The summed E-state index contributed by atoms with van der Waals surface area (Å²) < 4.78 is 5.16. The Bertz CT molecular complexity index is 495. The van der Waals surface area contributed by atoms with E-state index in [0.717, 1.165) is 5.69 Å². The van der Waals surface area contributed by atoms with Crippen LogP contribution in [0, 0.1) is 6.92 Å². The van der Waals surface area contributed by atoms with Gasteiger partial charge in [0.25, 0.3) is 0 Å². The van der Waals surface area contributed by atoms with Gasteiger partial charge in [-0.15, -0.1) is 5.10 Å². The molecule has 5 nitrogen and oxygen atoms in total. The van der Waals surface area contributed by atoms with Gasteiger partial charge in [0.1, 0.15) is 0 Å². The highest BCUT2D eigenvalue weighted by molar-refractivity contribution is 6.11. The quantitative estimate of drug-likeness (QED) is 0.710. The fourth-order valence-electron chi connectivity index (χ4n) is 1.51. The van der Waals surface area contributed by atoms with Crippen molar-refractivity contribution in [2.45, 2.75) is 20.3 Å². The molecule has 74 valence electrons. The minimum Gasteiger partial charge on any atom is -0.420 e. The molecule has 0 amide bonds. The third-order valence-corrected chi connectivity index (χ3v) is 2.22. The predicted molar refractivity (Wildman–Crippen MR) is 52.1 cm³/mol. The van der Waals surface area contributed by atoms with Crippen molar-refractivity contribution < 1.29 is 9.21 Å². The molecule has 0 fully saturated rings. The number of hydrogen-bond acceptors (Lipinski definition) is 4. The number of anilines is 1. The number of aryl methyl sites for hydroxylation is 1. The molecule has 0 spiro atoms. The van der Waals surface area contributed by atoms with Gasteiger partial charge in [0.2, 0.25) is 11.6 Å². The first-order chi connectivity index (χ1) is 6.65. The van der Waals surface area contributed by atoms with E-state index < -0.39 is 0 Å². The highest BCUT2D eigenvalue weighted by Crippen LogP contribution is 2.29. The number of Topliss-reactive ketones (excluding diaryl/α,β-unsaturated/α-hetero) is 1. The predicted octanol–water partition coefficient (Wildman–Crippen LogP) is 1.64. The summed E-state index contributed by atoms with van der Waals surface area (Å²) in [5.41, 5.74) is 7.26. The molecule has 0 radical (unpaired) electrons. The van der Waals surface area contributed by atoms with E-state index in [2.05, 4.69) is 10.2 Å². The number of hydrogen-bond donors (Lipinski definition) is 2. The number of carbonyl (C=O) groups is 1. The van der Waals surface area contributed by atoms with Gasteiger partial charge in [-0.2, -0.15) is 0 Å². The zero-order chi connectivity index (χ0) is 10.3. The Balaban J connectivity index is 2.77. The molecule has 2 heterocycles. The van der Waals surface area contributed by atoms with Gasteiger partial charge >= 0.3 is 0 Å². The number of H-pyrrole nitrogens is 1. The lowest BCUT2D eigenvalue weighted by Gasteiger charge is -1.94. The highest BCUT2D eigenvalue weighted by atomic mass is 16.4. The van der Waals surface area contributed by atoms with Crippen molar-refractivity contribution in [2.75, 3.05) is 5.73 Å². The molecular weight excluding hydrogens is 182 g/mol. The number of nitrogens with zero attached hydrogens (tertiary/aromatic N) is 1. The van der Waals surface area contributed by atoms with Crippen molar-refractivity contribution in [3.63, 3.8) is 0 Å². The molecule has 2 aromatic heterocycles. The van der Waals surface area contributed by atoms with E-state index in [-0.39, 0.29) is 11.7 Å². The van der Waals surface area contributed by atoms with E-state index in [4.69, 9.17) is 10.2 Å². The van der Waals surface area contributed by atoms with Gasteiger partial charge in [0, 0.05) is 12.1 Å². The summed E-state index contributed by atoms with van der Waals surface area (Å²) in [6.07, 6.45) is 0.406. The third-order valence-electron chi connectivity index (χ3n) is 2.22. The molecule has 0 bridgehead atoms. The molecule has 0 saturated heterocycles. The summed E-state index contributed by atoms with van der Waals surface area (Å²) in [6, 6.07) is 0. The monoisotopic (exact) mass is 193 g/mol. The lowest BCUT2D eigenvalue weighted by molar-refractivity contribution is 0.0990. The van der Waals surface area contributed by atoms with Crippen LogP contribution in [-0.4, -0.2) is 16.0 Å². The average Bonchev–Trinajstić information content (AvgIpc) is 2.65. The summed E-state index contributed by atoms with van der Waals surface area (Å²) in [5, 5.41) is 7.35. The highest BCUT2D eigenvalue weighted by Gasteiger charge is 2.21. The largest absolute Gasteiger partial charge is 0.420 e. The molecule has 0 aliphatic rings. The Morgan fingerprint density at radius 1 is 1.64 bits per heavy atom. The number of aromatic amines is 1. The molecule has 14 heavy (non-hydrogen) atoms. The van der Waals surface area contributed by atoms with Gasteiger partial charge in [-0.05, 0) is 6.92 Å². The number of aromatic nitrogens is 2. The first kappa shape index (κ1) is 8.80. The van der Waals surface area contributed by atoms with Gasteiger partial charge in [-0.1, -0.05) is 6.92 Å². The van der Waals surface area contributed by atoms with Gasteiger partial charge in [-0.3, -0.25) is 9.89 Å². The molecular formula is C9H11N3O2. The summed E-state index contributed by atoms with van der Waals surface area (Å²) in [5.74, 6) is 0.136. The maximum atomic E-state index is 11.6. The van der Waals surface area contributed by atoms with Crippen molar-refractivity contribution in [3.8, 4) is 0 Å². The van der Waals surface area contributed by atoms with Crippen molar-refractivity contribution in [1.29, 1.82) is 0 Å². The number of carbonyl (C=O) groups excluding carboxylic acids is 1. The Hall–Kier alpha value is -1.78. The molecule has 0 aromatic carbocycles. The number of nitrogens with one attached hydrogen (secondary N) is 1. The Labute approximate surface area is 80.3 Å². The van der Waals surface area contributed by atoms with Crippen molar-refractivity contribution in [2.24, 2.45) is 0 Å². The number of nitrogen functional groups attached to an aromatic ring is 1. The van der Waals surface area contributed by atoms with Gasteiger partial charge in [0.05, 0.1) is 10.9 Å². The molecule has 5 heteroatoms. The summed E-state index contributed by atoms with van der Waals surface area (Å²) >= 11 is 0. The summed E-state index contributed by atoms with van der Waals surface area (Å²) in [6.45, 7) is 3.62. The van der Waals surface area contributed by atoms with E-state index in [0.29, 0.717) is 23.1 Å². The minimum absolute atomic E-state index is 0.0225. The molecule has 0 aliphatic heterocycles. The standard InChI is InChI=1S/C9H11N3O2/c1-3-5(13)7-6-4(2)11-12-9(6)14-8(7)10/h3,10H2,1-2H3,(H,11,12). The van der Waals surface area contributed by atoms with Gasteiger partial charge in [-0.25, -0.2) is 0 Å². The molecule has 0 atom stereocenters. The van der Waals surface area contributed by atoms with E-state index in [9.17, 15) is 4.79 Å². The zero-order valence-corrected chi connectivity index (χ0v) is 8.05. The molecule has 0 aliphatic carbocycles. The Morgan fingerprint density at radius 2 is 2.36 bits per heavy atom. The van der Waals surface area contributed by atoms with Crippen LogP contribution in [0.4, 0.5) is 5.88 Å². The first-order valence-corrected chi connectivity index (χ1v) is 4.41. The summed E-state index contributed by atoms with van der Waals surface area (Å²) in [7, 11) is 0. The van der Waals surface area contributed by atoms with Crippen molar-refractivity contribution >= 4 is 22.8 Å². The normalized spacial score (nSPS) is 11.0. The molecule has 2 rings (SSSR count). The van der Waals surface area contributed by atoms with Crippen LogP contribution in [0.3, 0.4) is 0 Å². The number of fused-ring (bicyclic) bond motifs is 1. The van der Waals surface area contributed by atoms with Gasteiger partial charge in [0.15, 0.2) is 5.78 Å². The average molecular weight is 193 g/mol. The van der Waals surface area contributed by atoms with Crippen LogP contribution in [0.15, 0.2) is 4.42 Å². The van der Waals surface area contributed by atoms with Crippen LogP contribution in [0.1, 0.15) is 29.4 Å². The molecule has 0 unspecified atom stereocenters. The van der Waals surface area contributed by atoms with E-state index >= 15 is 0 Å². The maximum Gasteiger partial charge on any atom is 0.248 e. The fraction of sp³-hybridized carbons (Fsp3) is 0.333. The Morgan fingerprint density at radius 3 is 3.00 bits per heavy atom. The maximum absolute atomic E-state index is 11.6. The van der Waals surface area contributed by atoms with Crippen LogP contribution in [0.2, 0.25) is 0 Å². The minimum atomic E-state index is -0.0225. The second-order valence-corrected chi connectivity index (χ2v) is 3.15. The van der Waals surface area contributed by atoms with Crippen molar-refractivity contribution in [1.82, 2.24) is 10.2 Å². The van der Waals surface area contributed by atoms with Crippen LogP contribution < -0.4 is 5.73 Å². The second-order valence-electron chi connectivity index (χ2n) is 3.15. The number of furan rings is 1. The first-order valence-electron chi connectivity index (χ1n) is 4.41. The zero-order valence-electron chi connectivity index (χ0n) is 8.05. The van der Waals surface area contributed by atoms with E-state index in [1.807, 2.05) is 6.92 Å². The number of rotatable bonds is 2. The smallest absolute Gasteiger partial charge is 0.248 e. The van der Waals surface area contributed by atoms with Gasteiger partial charge < -0.3 is 10.2 Å². The van der Waals surface area contributed by atoms with Crippen LogP contribution in [0.5, 0.6) is 0 Å². The topological polar surface area (TPSA) is 84.9 Å². The van der Waals surface area contributed by atoms with Crippen LogP contribution >= 0.6 is 0 Å². The molecule has 3 N–H and O–H groups in total. The second kappa shape index (κ2) is 2.87. The third kappa shape index (κ3) is 1.02. The Kier molecular flexibility index (Phi) is 1.80. The number of nitrogens with two attached hydrogens (primary N) is 1. The fourth-order valence-corrected chi connectivity index (χ4v) is 1.51. The van der Waals surface area contributed by atoms with E-state index in [1.54, 1.807) is 6.92 Å². The lowest BCUT2D eigenvalue weighted by Crippen LogP contribution is -1.99. The van der Waals surface area contributed by atoms with E-state index in [1.165, 1.54) is 0 Å². The number of ketones is 1. The van der Waals surface area contributed by atoms with Crippen molar-refractivity contribution in [3.05, 3.63) is 11.3 Å². The molecule has 2 aromatic rings. The van der Waals surface area contributed by atoms with Crippen LogP contribution in [0.25, 0.3) is 11.1 Å². The lowest BCUT2D eigenvalue weighted by atomic mass is 10.1. The molecule has 0 saturated carbocycles. The van der Waals surface area contributed by atoms with Crippen LogP contribution in [-0.2, 0) is 0 Å². The SMILES string of the molecule is CCC(=O)c1c(N)oc2n[nH]c(C)c12. The summed E-state index contributed by atoms with van der Waals surface area (Å²) in [4.78, 5) is 11.6.